The number of hydrogen-bond acceptors (Lipinski definition) is 2. The Morgan fingerprint density at radius 3 is 3.00 bits per heavy atom. The molecule has 0 aliphatic rings. The number of unbranched alkanes of at least 4 members (excludes halogenated alkanes) is 2. The molecule has 70 valence electrons. The molecule has 0 N–H and O–H groups in total. The molecular formula is C11H15NO. The Morgan fingerprint density at radius 2 is 2.31 bits per heavy atom. The van der Waals surface area contributed by atoms with Crippen LogP contribution in [-0.4, -0.2) is 11.3 Å². The second kappa shape index (κ2) is 5.46. The zero-order valence-corrected chi connectivity index (χ0v) is 7.99. The van der Waals surface area contributed by atoms with Gasteiger partial charge in [0.05, 0.1) is 0 Å². The lowest BCUT2D eigenvalue weighted by molar-refractivity contribution is 0.112. The van der Waals surface area contributed by atoms with E-state index < -0.39 is 0 Å². The normalized spacial score (nSPS) is 9.92. The maximum atomic E-state index is 10.6. The lowest BCUT2D eigenvalue weighted by Crippen LogP contribution is -1.93. The van der Waals surface area contributed by atoms with E-state index >= 15 is 0 Å². The molecular weight excluding hydrogens is 162 g/mol. The Kier molecular flexibility index (Phi) is 4.16. The summed E-state index contributed by atoms with van der Waals surface area (Å²) in [7, 11) is 0. The molecule has 0 bridgehead atoms. The number of carbonyl (C=O) groups is 1. The molecule has 0 spiro atoms. The molecule has 0 atom stereocenters. The van der Waals surface area contributed by atoms with Crippen LogP contribution in [0.3, 0.4) is 0 Å². The number of nitrogens with zero attached hydrogens (tertiary/aromatic N) is 1. The van der Waals surface area contributed by atoms with E-state index in [9.17, 15) is 4.79 Å². The van der Waals surface area contributed by atoms with Gasteiger partial charge in [0.25, 0.3) is 0 Å². The van der Waals surface area contributed by atoms with Crippen LogP contribution in [0.5, 0.6) is 0 Å². The summed E-state index contributed by atoms with van der Waals surface area (Å²) < 4.78 is 0. The van der Waals surface area contributed by atoms with Crippen molar-refractivity contribution in [2.24, 2.45) is 0 Å². The van der Waals surface area contributed by atoms with E-state index in [0.29, 0.717) is 0 Å². The van der Waals surface area contributed by atoms with Crippen LogP contribution >= 0.6 is 0 Å². The predicted molar refractivity (Wildman–Crippen MR) is 52.9 cm³/mol. The Morgan fingerprint density at radius 1 is 1.46 bits per heavy atom. The van der Waals surface area contributed by atoms with Crippen molar-refractivity contribution in [1.82, 2.24) is 4.98 Å². The van der Waals surface area contributed by atoms with Crippen LogP contribution in [0.25, 0.3) is 0 Å². The summed E-state index contributed by atoms with van der Waals surface area (Å²) in [5, 5.41) is 0. The smallest absolute Gasteiger partial charge is 0.151 e. The fourth-order valence-corrected chi connectivity index (χ4v) is 1.33. The van der Waals surface area contributed by atoms with Gasteiger partial charge in [0.15, 0.2) is 6.29 Å². The molecule has 0 fully saturated rings. The van der Waals surface area contributed by atoms with Crippen molar-refractivity contribution in [2.45, 2.75) is 32.6 Å². The largest absolute Gasteiger partial charge is 0.298 e. The van der Waals surface area contributed by atoms with Crippen molar-refractivity contribution in [3.63, 3.8) is 0 Å². The van der Waals surface area contributed by atoms with Gasteiger partial charge < -0.3 is 0 Å². The van der Waals surface area contributed by atoms with E-state index in [1.165, 1.54) is 12.8 Å². The Balaban J connectivity index is 2.59. The molecule has 1 aromatic rings. The number of aldehydes is 1. The van der Waals surface area contributed by atoms with Crippen LogP contribution in [0.1, 0.15) is 42.1 Å². The van der Waals surface area contributed by atoms with Gasteiger partial charge in [-0.05, 0) is 24.5 Å². The van der Waals surface area contributed by atoms with Gasteiger partial charge in [-0.1, -0.05) is 19.8 Å². The Hall–Kier alpha value is -1.18. The van der Waals surface area contributed by atoms with Gasteiger partial charge in [-0.15, -0.1) is 0 Å². The number of pyridine rings is 1. The van der Waals surface area contributed by atoms with Crippen molar-refractivity contribution < 1.29 is 4.79 Å². The summed E-state index contributed by atoms with van der Waals surface area (Å²) in [4.78, 5) is 14.5. The predicted octanol–water partition coefficient (Wildman–Crippen LogP) is 2.63. The van der Waals surface area contributed by atoms with E-state index in [1.54, 1.807) is 12.4 Å². The molecule has 0 aliphatic carbocycles. The maximum absolute atomic E-state index is 10.6. The summed E-state index contributed by atoms with van der Waals surface area (Å²) in [6.45, 7) is 2.17. The van der Waals surface area contributed by atoms with E-state index in [0.717, 1.165) is 30.3 Å². The van der Waals surface area contributed by atoms with Crippen LogP contribution in [0.4, 0.5) is 0 Å². The lowest BCUT2D eigenvalue weighted by Gasteiger charge is -2.02. The number of aryl methyl sites for hydroxylation is 1. The van der Waals surface area contributed by atoms with Crippen LogP contribution < -0.4 is 0 Å². The fraction of sp³-hybridized carbons (Fsp3) is 0.455. The van der Waals surface area contributed by atoms with Gasteiger partial charge in [0, 0.05) is 18.0 Å². The summed E-state index contributed by atoms with van der Waals surface area (Å²) in [6.07, 6.45) is 8.84. The monoisotopic (exact) mass is 177 g/mol. The molecule has 13 heavy (non-hydrogen) atoms. The highest BCUT2D eigenvalue weighted by Gasteiger charge is 1.99. The minimum Gasteiger partial charge on any atom is -0.298 e. The highest BCUT2D eigenvalue weighted by atomic mass is 16.1. The minimum atomic E-state index is 0.735. The van der Waals surface area contributed by atoms with Gasteiger partial charge in [-0.2, -0.15) is 0 Å². The van der Waals surface area contributed by atoms with E-state index in [2.05, 4.69) is 11.9 Å². The molecule has 0 amide bonds. The minimum absolute atomic E-state index is 0.735. The van der Waals surface area contributed by atoms with Crippen molar-refractivity contribution >= 4 is 6.29 Å². The summed E-state index contributed by atoms with van der Waals surface area (Å²) >= 11 is 0. The zero-order valence-electron chi connectivity index (χ0n) is 7.99. The first-order valence-electron chi connectivity index (χ1n) is 4.76. The molecule has 0 unspecified atom stereocenters. The quantitative estimate of drug-likeness (QED) is 0.511. The van der Waals surface area contributed by atoms with Crippen molar-refractivity contribution in [2.75, 3.05) is 0 Å². The molecule has 2 heteroatoms. The van der Waals surface area contributed by atoms with Crippen LogP contribution in [0, 0.1) is 0 Å². The van der Waals surface area contributed by atoms with Crippen LogP contribution in [0.2, 0.25) is 0 Å². The van der Waals surface area contributed by atoms with Gasteiger partial charge in [-0.25, -0.2) is 0 Å². The third-order valence-electron chi connectivity index (χ3n) is 2.12. The van der Waals surface area contributed by atoms with Crippen molar-refractivity contribution in [3.05, 3.63) is 29.6 Å². The third kappa shape index (κ3) is 2.98. The highest BCUT2D eigenvalue weighted by Crippen LogP contribution is 2.09. The van der Waals surface area contributed by atoms with Crippen LogP contribution in [0.15, 0.2) is 18.5 Å². The number of carbonyl (C=O) groups excluding carboxylic acids is 1. The molecule has 0 aliphatic heterocycles. The summed E-state index contributed by atoms with van der Waals surface area (Å²) in [5.41, 5.74) is 1.86. The molecule has 0 radical (unpaired) electrons. The average Bonchev–Trinajstić information content (AvgIpc) is 2.19. The summed E-state index contributed by atoms with van der Waals surface area (Å²) in [5.74, 6) is 0. The first-order chi connectivity index (χ1) is 6.38. The van der Waals surface area contributed by atoms with E-state index in [4.69, 9.17) is 0 Å². The Bertz CT molecular complexity index is 271. The lowest BCUT2D eigenvalue weighted by atomic mass is 10.0. The standard InChI is InChI=1S/C11H15NO/c1-2-3-4-5-10-6-7-12-8-11(10)9-13/h6-9H,2-5H2,1H3. The summed E-state index contributed by atoms with van der Waals surface area (Å²) in [6, 6.07) is 1.93. The Labute approximate surface area is 79.0 Å². The highest BCUT2D eigenvalue weighted by molar-refractivity contribution is 5.76. The topological polar surface area (TPSA) is 30.0 Å². The van der Waals surface area contributed by atoms with Gasteiger partial charge in [0.2, 0.25) is 0 Å². The molecule has 2 nitrogen and oxygen atoms in total. The first-order valence-corrected chi connectivity index (χ1v) is 4.76. The molecule has 1 aromatic heterocycles. The average molecular weight is 177 g/mol. The van der Waals surface area contributed by atoms with Gasteiger partial charge >= 0.3 is 0 Å². The number of aromatic nitrogens is 1. The van der Waals surface area contributed by atoms with E-state index in [-0.39, 0.29) is 0 Å². The van der Waals surface area contributed by atoms with Crippen molar-refractivity contribution in [1.29, 1.82) is 0 Å². The second-order valence-corrected chi connectivity index (χ2v) is 3.15. The number of rotatable bonds is 5. The van der Waals surface area contributed by atoms with Gasteiger partial charge in [-0.3, -0.25) is 9.78 Å². The molecule has 0 aromatic carbocycles. The number of hydrogen-bond donors (Lipinski definition) is 0. The molecule has 0 saturated carbocycles. The van der Waals surface area contributed by atoms with E-state index in [1.807, 2.05) is 6.07 Å². The second-order valence-electron chi connectivity index (χ2n) is 3.15. The molecule has 1 rings (SSSR count). The van der Waals surface area contributed by atoms with Crippen LogP contribution in [-0.2, 0) is 6.42 Å². The molecule has 1 heterocycles. The maximum Gasteiger partial charge on any atom is 0.151 e. The first kappa shape index (κ1) is 9.90. The third-order valence-corrected chi connectivity index (χ3v) is 2.12. The van der Waals surface area contributed by atoms with Crippen molar-refractivity contribution in [3.8, 4) is 0 Å². The fourth-order valence-electron chi connectivity index (χ4n) is 1.33. The SMILES string of the molecule is CCCCCc1ccncc1C=O. The zero-order chi connectivity index (χ0) is 9.52. The molecule has 0 saturated heterocycles. The van der Waals surface area contributed by atoms with Gasteiger partial charge in [0.1, 0.15) is 0 Å².